The van der Waals surface area contributed by atoms with E-state index in [1.807, 2.05) is 49.3 Å². The Balaban J connectivity index is 1.54. The van der Waals surface area contributed by atoms with Crippen LogP contribution in [0.4, 0.5) is 5.82 Å². The molecule has 2 aromatic heterocycles. The van der Waals surface area contributed by atoms with E-state index in [2.05, 4.69) is 31.1 Å². The first-order valence-electron chi connectivity index (χ1n) is 10.6. The van der Waals surface area contributed by atoms with Gasteiger partial charge in [-0.05, 0) is 28.1 Å². The van der Waals surface area contributed by atoms with Crippen LogP contribution in [0, 0.1) is 0 Å². The maximum atomic E-state index is 10.7. The summed E-state index contributed by atoms with van der Waals surface area (Å²) in [4.78, 5) is 21.4. The fraction of sp³-hybridized carbons (Fsp3) is 0.391. The molecule has 1 aromatic carbocycles. The molecule has 0 unspecified atom stereocenters. The van der Waals surface area contributed by atoms with Crippen molar-refractivity contribution in [3.05, 3.63) is 41.1 Å². The third-order valence-electron chi connectivity index (χ3n) is 4.44. The first-order valence-corrected chi connectivity index (χ1v) is 11.4. The smallest absolute Gasteiger partial charge is 0.302 e. The summed E-state index contributed by atoms with van der Waals surface area (Å²) in [6.45, 7) is 3.52. The van der Waals surface area contributed by atoms with Crippen molar-refractivity contribution in [3.8, 4) is 28.5 Å². The molecule has 11 heteroatoms. The molecule has 0 N–H and O–H groups in total. The second-order valence-electron chi connectivity index (χ2n) is 7.25. The van der Waals surface area contributed by atoms with Crippen LogP contribution in [-0.4, -0.2) is 74.8 Å². The Morgan fingerprint density at radius 1 is 1.06 bits per heavy atom. The third-order valence-corrected chi connectivity index (χ3v) is 4.83. The van der Waals surface area contributed by atoms with Crippen molar-refractivity contribution in [2.75, 3.05) is 58.6 Å². The van der Waals surface area contributed by atoms with Crippen LogP contribution in [0.15, 0.2) is 45.7 Å². The average molecular weight is 535 g/mol. The predicted octanol–water partition coefficient (Wildman–Crippen LogP) is 3.60. The molecule has 0 aliphatic rings. The number of hydrogen-bond donors (Lipinski definition) is 0. The number of rotatable bonds is 13. The lowest BCUT2D eigenvalue weighted by atomic mass is 10.1. The van der Waals surface area contributed by atoms with E-state index >= 15 is 0 Å². The Labute approximate surface area is 206 Å². The Hall–Kier alpha value is -3.02. The average Bonchev–Trinajstić information content (AvgIpc) is 3.30. The Kier molecular flexibility index (Phi) is 9.80. The normalized spacial score (nSPS) is 10.8. The lowest BCUT2D eigenvalue weighted by Crippen LogP contribution is -2.13. The summed E-state index contributed by atoms with van der Waals surface area (Å²) in [5.74, 6) is 1.51. The minimum atomic E-state index is -0.320. The number of anilines is 1. The molecule has 182 valence electrons. The zero-order valence-corrected chi connectivity index (χ0v) is 20.9. The molecule has 0 aliphatic carbocycles. The van der Waals surface area contributed by atoms with Gasteiger partial charge in [-0.2, -0.15) is 0 Å². The number of aromatic nitrogens is 3. The quantitative estimate of drug-likeness (QED) is 0.238. The van der Waals surface area contributed by atoms with Gasteiger partial charge in [-0.15, -0.1) is 0 Å². The molecule has 0 bridgehead atoms. The van der Waals surface area contributed by atoms with Gasteiger partial charge in [0.15, 0.2) is 17.3 Å². The molecule has 0 saturated heterocycles. The van der Waals surface area contributed by atoms with Gasteiger partial charge in [0.1, 0.15) is 29.3 Å². The summed E-state index contributed by atoms with van der Waals surface area (Å²) in [7, 11) is 3.78. The second kappa shape index (κ2) is 13.0. The minimum absolute atomic E-state index is 0.240. The summed E-state index contributed by atoms with van der Waals surface area (Å²) in [5, 5.41) is 4.22. The fourth-order valence-corrected chi connectivity index (χ4v) is 3.23. The van der Waals surface area contributed by atoms with E-state index in [0.717, 1.165) is 5.56 Å². The number of halogens is 1. The highest BCUT2D eigenvalue weighted by atomic mass is 79.9. The van der Waals surface area contributed by atoms with Crippen LogP contribution < -0.4 is 9.64 Å². The van der Waals surface area contributed by atoms with Crippen LogP contribution in [0.2, 0.25) is 0 Å². The predicted molar refractivity (Wildman–Crippen MR) is 129 cm³/mol. The van der Waals surface area contributed by atoms with E-state index in [4.69, 9.17) is 23.5 Å². The molecule has 0 fully saturated rings. The van der Waals surface area contributed by atoms with Crippen LogP contribution in [0.25, 0.3) is 22.7 Å². The van der Waals surface area contributed by atoms with Gasteiger partial charge >= 0.3 is 5.97 Å². The van der Waals surface area contributed by atoms with Crippen LogP contribution >= 0.6 is 15.9 Å². The van der Waals surface area contributed by atoms with Gasteiger partial charge in [0.05, 0.1) is 32.6 Å². The highest BCUT2D eigenvalue weighted by molar-refractivity contribution is 9.10. The standard InChI is InChI=1S/C23H27BrN4O6/c1-16(29)32-12-10-30-8-9-31-11-13-33-19-7-5-4-6-17(19)18-14-20(34-27-18)22-23(28(2)3)25-15-21(24)26-22/h4-7,14-15H,8-13H2,1-3H3. The monoisotopic (exact) mass is 534 g/mol. The van der Waals surface area contributed by atoms with Crippen molar-refractivity contribution in [1.29, 1.82) is 0 Å². The van der Waals surface area contributed by atoms with Crippen LogP contribution in [0.5, 0.6) is 5.75 Å². The highest BCUT2D eigenvalue weighted by Crippen LogP contribution is 2.34. The topological polar surface area (TPSA) is 109 Å². The Morgan fingerprint density at radius 3 is 2.50 bits per heavy atom. The zero-order valence-electron chi connectivity index (χ0n) is 19.3. The molecule has 3 aromatic rings. The molecular formula is C23H27BrN4O6. The maximum absolute atomic E-state index is 10.7. The number of ether oxygens (including phenoxy) is 4. The summed E-state index contributed by atoms with van der Waals surface area (Å²) < 4.78 is 27.7. The van der Waals surface area contributed by atoms with Crippen molar-refractivity contribution in [2.45, 2.75) is 6.92 Å². The maximum Gasteiger partial charge on any atom is 0.302 e. The molecule has 0 amide bonds. The molecule has 10 nitrogen and oxygen atoms in total. The number of para-hydroxylation sites is 1. The molecular weight excluding hydrogens is 508 g/mol. The summed E-state index contributed by atoms with van der Waals surface area (Å²) >= 11 is 3.36. The number of nitrogens with zero attached hydrogens (tertiary/aromatic N) is 4. The molecule has 0 saturated carbocycles. The minimum Gasteiger partial charge on any atom is -0.490 e. The van der Waals surface area contributed by atoms with E-state index in [1.165, 1.54) is 6.92 Å². The van der Waals surface area contributed by atoms with E-state index in [0.29, 0.717) is 66.4 Å². The number of benzene rings is 1. The van der Waals surface area contributed by atoms with E-state index < -0.39 is 0 Å². The zero-order chi connectivity index (χ0) is 24.3. The van der Waals surface area contributed by atoms with Crippen molar-refractivity contribution < 1.29 is 28.3 Å². The molecule has 2 heterocycles. The van der Waals surface area contributed by atoms with Gasteiger partial charge in [-0.25, -0.2) is 9.97 Å². The Bertz CT molecular complexity index is 1080. The lowest BCUT2D eigenvalue weighted by Gasteiger charge is -2.13. The summed E-state index contributed by atoms with van der Waals surface area (Å²) in [6, 6.07) is 9.39. The SMILES string of the molecule is CC(=O)OCCOCCOCCOc1ccccc1-c1cc(-c2nc(Br)cnc2N(C)C)on1. The summed E-state index contributed by atoms with van der Waals surface area (Å²) in [6.07, 6.45) is 1.64. The van der Waals surface area contributed by atoms with E-state index in [1.54, 1.807) is 6.20 Å². The highest BCUT2D eigenvalue weighted by Gasteiger charge is 2.18. The van der Waals surface area contributed by atoms with E-state index in [9.17, 15) is 4.79 Å². The largest absolute Gasteiger partial charge is 0.490 e. The number of carbonyl (C=O) groups excluding carboxylic acids is 1. The van der Waals surface area contributed by atoms with Gasteiger partial charge < -0.3 is 28.4 Å². The lowest BCUT2D eigenvalue weighted by molar-refractivity contribution is -0.142. The second-order valence-corrected chi connectivity index (χ2v) is 8.06. The van der Waals surface area contributed by atoms with Gasteiger partial charge in [0.25, 0.3) is 0 Å². The van der Waals surface area contributed by atoms with Gasteiger partial charge in [0, 0.05) is 32.6 Å². The molecule has 0 spiro atoms. The van der Waals surface area contributed by atoms with Crippen molar-refractivity contribution in [3.63, 3.8) is 0 Å². The molecule has 0 aliphatic heterocycles. The Morgan fingerprint density at radius 2 is 1.76 bits per heavy atom. The van der Waals surface area contributed by atoms with Crippen LogP contribution in [0.3, 0.4) is 0 Å². The molecule has 0 radical (unpaired) electrons. The van der Waals surface area contributed by atoms with Crippen molar-refractivity contribution in [1.82, 2.24) is 15.1 Å². The summed E-state index contributed by atoms with van der Waals surface area (Å²) in [5.41, 5.74) is 2.00. The van der Waals surface area contributed by atoms with E-state index in [-0.39, 0.29) is 12.6 Å². The van der Waals surface area contributed by atoms with Crippen molar-refractivity contribution in [2.24, 2.45) is 0 Å². The molecule has 0 atom stereocenters. The fourth-order valence-electron chi connectivity index (χ4n) is 2.95. The van der Waals surface area contributed by atoms with Gasteiger partial charge in [-0.3, -0.25) is 4.79 Å². The van der Waals surface area contributed by atoms with Gasteiger partial charge in [0.2, 0.25) is 0 Å². The van der Waals surface area contributed by atoms with Crippen LogP contribution in [-0.2, 0) is 19.0 Å². The van der Waals surface area contributed by atoms with Crippen molar-refractivity contribution >= 4 is 27.7 Å². The first-order chi connectivity index (χ1) is 16.5. The number of hydrogen-bond acceptors (Lipinski definition) is 10. The first kappa shape index (κ1) is 25.6. The number of esters is 1. The van der Waals surface area contributed by atoms with Gasteiger partial charge in [-0.1, -0.05) is 17.3 Å². The third kappa shape index (κ3) is 7.51. The number of carbonyl (C=O) groups is 1. The molecule has 34 heavy (non-hydrogen) atoms. The molecule has 3 rings (SSSR count). The van der Waals surface area contributed by atoms with Crippen LogP contribution in [0.1, 0.15) is 6.92 Å².